The molecule has 0 aliphatic heterocycles. The predicted molar refractivity (Wildman–Crippen MR) is 68.8 cm³/mol. The molecule has 0 radical (unpaired) electrons. The van der Waals surface area contributed by atoms with Crippen molar-refractivity contribution in [2.24, 2.45) is 5.11 Å². The maximum absolute atomic E-state index is 9.75. The number of para-hydroxylation sites is 1. The Balaban J connectivity index is 0.000000347. The van der Waals surface area contributed by atoms with Gasteiger partial charge in [0.2, 0.25) is 0 Å². The van der Waals surface area contributed by atoms with Gasteiger partial charge in [0.25, 0.3) is 0 Å². The highest BCUT2D eigenvalue weighted by atomic mass is 19.5. The molecule has 0 saturated carbocycles. The van der Waals surface area contributed by atoms with Crippen molar-refractivity contribution in [1.82, 2.24) is 0 Å². The van der Waals surface area contributed by atoms with E-state index in [1.165, 1.54) is 0 Å². The maximum atomic E-state index is 9.75. The lowest BCUT2D eigenvalue weighted by atomic mass is 10.2. The molecule has 0 atom stereocenters. The number of hydrogen-bond acceptors (Lipinski definition) is 1. The van der Waals surface area contributed by atoms with Crippen LogP contribution in [0.1, 0.15) is 6.92 Å². The maximum Gasteiger partial charge on any atom is 0.673 e. The Hall–Kier alpha value is -2.28. The quantitative estimate of drug-likeness (QED) is 0.196. The SMILES string of the molecule is CC[n+]1c(N=[N+]=[N-])ccc2ccccc21.F[B-](F)(F)F. The normalized spacial score (nSPS) is 10.4. The van der Waals surface area contributed by atoms with Crippen LogP contribution in [0.25, 0.3) is 21.3 Å². The molecule has 0 fully saturated rings. The van der Waals surface area contributed by atoms with Gasteiger partial charge in [-0.25, -0.2) is 0 Å². The Bertz CT molecular complexity index is 632. The second-order valence-electron chi connectivity index (χ2n) is 3.68. The van der Waals surface area contributed by atoms with E-state index in [2.05, 4.69) is 10.0 Å². The Morgan fingerprint density at radius 3 is 2.30 bits per heavy atom. The largest absolute Gasteiger partial charge is 0.673 e. The summed E-state index contributed by atoms with van der Waals surface area (Å²) in [5.74, 6) is 0.652. The van der Waals surface area contributed by atoms with Crippen molar-refractivity contribution in [3.63, 3.8) is 0 Å². The zero-order valence-corrected chi connectivity index (χ0v) is 10.5. The second-order valence-corrected chi connectivity index (χ2v) is 3.68. The highest BCUT2D eigenvalue weighted by Gasteiger charge is 2.20. The number of rotatable bonds is 2. The smallest absolute Gasteiger partial charge is 0.418 e. The summed E-state index contributed by atoms with van der Waals surface area (Å²) >= 11 is 0. The van der Waals surface area contributed by atoms with Crippen LogP contribution < -0.4 is 4.57 Å². The lowest BCUT2D eigenvalue weighted by Gasteiger charge is -2.05. The van der Waals surface area contributed by atoms with Crippen LogP contribution in [-0.2, 0) is 6.54 Å². The van der Waals surface area contributed by atoms with Crippen molar-refractivity contribution in [3.05, 3.63) is 46.8 Å². The molecule has 0 aliphatic carbocycles. The summed E-state index contributed by atoms with van der Waals surface area (Å²) in [6, 6.07) is 11.8. The van der Waals surface area contributed by atoms with Crippen molar-refractivity contribution >= 4 is 24.0 Å². The van der Waals surface area contributed by atoms with Gasteiger partial charge in [-0.1, -0.05) is 18.2 Å². The van der Waals surface area contributed by atoms with Gasteiger partial charge in [-0.05, 0) is 35.8 Å². The summed E-state index contributed by atoms with van der Waals surface area (Å²) in [6.07, 6.45) is 0. The monoisotopic (exact) mass is 286 g/mol. The fraction of sp³-hybridized carbons (Fsp3) is 0.182. The summed E-state index contributed by atoms with van der Waals surface area (Å²) in [5, 5.41) is 4.82. The summed E-state index contributed by atoms with van der Waals surface area (Å²) in [6.45, 7) is 2.82. The molecule has 20 heavy (non-hydrogen) atoms. The van der Waals surface area contributed by atoms with Crippen LogP contribution in [0.4, 0.5) is 23.1 Å². The van der Waals surface area contributed by atoms with Crippen LogP contribution in [0.2, 0.25) is 0 Å². The van der Waals surface area contributed by atoms with Crippen molar-refractivity contribution in [3.8, 4) is 0 Å². The molecule has 1 heterocycles. The zero-order valence-electron chi connectivity index (χ0n) is 10.5. The van der Waals surface area contributed by atoms with Gasteiger partial charge in [0.15, 0.2) is 5.82 Å². The molecule has 0 bridgehead atoms. The number of aromatic nitrogens is 1. The molecular formula is C11H11BF4N4. The van der Waals surface area contributed by atoms with Gasteiger partial charge in [0.1, 0.15) is 5.52 Å². The van der Waals surface area contributed by atoms with Crippen LogP contribution in [0, 0.1) is 0 Å². The third-order valence-electron chi connectivity index (χ3n) is 2.38. The molecular weight excluding hydrogens is 275 g/mol. The molecule has 0 saturated heterocycles. The second kappa shape index (κ2) is 6.77. The van der Waals surface area contributed by atoms with Gasteiger partial charge in [-0.2, -0.15) is 0 Å². The number of aryl methyl sites for hydroxylation is 1. The summed E-state index contributed by atoms with van der Waals surface area (Å²) in [5.41, 5.74) is 9.54. The molecule has 1 aromatic heterocycles. The van der Waals surface area contributed by atoms with E-state index in [0.717, 1.165) is 17.4 Å². The minimum atomic E-state index is -6.00. The van der Waals surface area contributed by atoms with Crippen LogP contribution in [0.15, 0.2) is 41.5 Å². The lowest BCUT2D eigenvalue weighted by molar-refractivity contribution is -0.654. The first-order valence-corrected chi connectivity index (χ1v) is 5.71. The molecule has 2 aromatic rings. The first-order chi connectivity index (χ1) is 9.36. The first-order valence-electron chi connectivity index (χ1n) is 5.71. The minimum absolute atomic E-state index is 0.652. The Morgan fingerprint density at radius 1 is 1.15 bits per heavy atom. The number of nitrogens with zero attached hydrogens (tertiary/aromatic N) is 4. The van der Waals surface area contributed by atoms with Gasteiger partial charge in [0.05, 0.1) is 6.54 Å². The van der Waals surface area contributed by atoms with Crippen LogP contribution in [0.3, 0.4) is 0 Å². The van der Waals surface area contributed by atoms with Gasteiger partial charge in [-0.15, -0.1) is 0 Å². The average Bonchev–Trinajstić information content (AvgIpc) is 2.37. The number of azide groups is 1. The standard InChI is InChI=1S/C11H11N4.BF4/c1-2-15-10-6-4-3-5-9(10)7-8-11(15)13-14-12;2-1(3,4)5/h3-8H,2H2,1H3;/q+1;-1. The van der Waals surface area contributed by atoms with E-state index < -0.39 is 7.25 Å². The van der Waals surface area contributed by atoms with E-state index >= 15 is 0 Å². The number of hydrogen-bond donors (Lipinski definition) is 0. The van der Waals surface area contributed by atoms with Crippen molar-refractivity contribution in [2.45, 2.75) is 13.5 Å². The van der Waals surface area contributed by atoms with Crippen molar-refractivity contribution in [2.75, 3.05) is 0 Å². The first kappa shape index (κ1) is 15.8. The Morgan fingerprint density at radius 2 is 1.75 bits per heavy atom. The Labute approximate surface area is 112 Å². The topological polar surface area (TPSA) is 52.6 Å². The number of fused-ring (bicyclic) bond motifs is 1. The fourth-order valence-corrected chi connectivity index (χ4v) is 1.72. The van der Waals surface area contributed by atoms with E-state index in [4.69, 9.17) is 5.53 Å². The average molecular weight is 286 g/mol. The van der Waals surface area contributed by atoms with Crippen molar-refractivity contribution < 1.29 is 21.8 Å². The minimum Gasteiger partial charge on any atom is -0.418 e. The highest BCUT2D eigenvalue weighted by Crippen LogP contribution is 2.14. The van der Waals surface area contributed by atoms with Gasteiger partial charge >= 0.3 is 7.25 Å². The third-order valence-corrected chi connectivity index (χ3v) is 2.38. The molecule has 1 aromatic carbocycles. The molecule has 0 unspecified atom stereocenters. The van der Waals surface area contributed by atoms with Gasteiger partial charge < -0.3 is 17.3 Å². The lowest BCUT2D eigenvalue weighted by Crippen LogP contribution is -2.33. The van der Waals surface area contributed by atoms with E-state index in [1.807, 2.05) is 47.9 Å². The molecule has 0 amide bonds. The number of benzene rings is 1. The van der Waals surface area contributed by atoms with E-state index in [1.54, 1.807) is 0 Å². The van der Waals surface area contributed by atoms with Gasteiger partial charge in [0, 0.05) is 10.3 Å². The van der Waals surface area contributed by atoms with Crippen molar-refractivity contribution in [1.29, 1.82) is 0 Å². The third kappa shape index (κ3) is 4.77. The fourth-order valence-electron chi connectivity index (χ4n) is 1.72. The number of pyridine rings is 1. The van der Waals surface area contributed by atoms with E-state index in [-0.39, 0.29) is 0 Å². The van der Waals surface area contributed by atoms with E-state index in [0.29, 0.717) is 5.82 Å². The number of halogens is 4. The summed E-state index contributed by atoms with van der Waals surface area (Å²) in [7, 11) is -6.00. The van der Waals surface area contributed by atoms with Crippen LogP contribution in [0.5, 0.6) is 0 Å². The summed E-state index contributed by atoms with van der Waals surface area (Å²) < 4.78 is 41.0. The molecule has 0 spiro atoms. The molecule has 0 N–H and O–H groups in total. The molecule has 106 valence electrons. The molecule has 0 aliphatic rings. The summed E-state index contributed by atoms with van der Waals surface area (Å²) in [4.78, 5) is 2.83. The Kier molecular flexibility index (Phi) is 5.34. The zero-order chi connectivity index (χ0) is 15.2. The molecule has 9 heteroatoms. The predicted octanol–water partition coefficient (Wildman–Crippen LogP) is 4.39. The molecule has 2 rings (SSSR count). The van der Waals surface area contributed by atoms with Crippen LogP contribution in [-0.4, -0.2) is 7.25 Å². The molecule has 4 nitrogen and oxygen atoms in total. The van der Waals surface area contributed by atoms with Crippen LogP contribution >= 0.6 is 0 Å². The van der Waals surface area contributed by atoms with E-state index in [9.17, 15) is 17.3 Å². The van der Waals surface area contributed by atoms with Gasteiger partial charge in [-0.3, -0.25) is 4.57 Å². The highest BCUT2D eigenvalue weighted by molar-refractivity contribution is 6.50.